The van der Waals surface area contributed by atoms with Crippen LogP contribution in [-0.2, 0) is 0 Å². The Labute approximate surface area is 167 Å². The van der Waals surface area contributed by atoms with Crippen LogP contribution in [0.15, 0.2) is 34.9 Å². The zero-order valence-corrected chi connectivity index (χ0v) is 17.1. The fourth-order valence-corrected chi connectivity index (χ4v) is 3.96. The largest absolute Gasteiger partial charge is 0.493 e. The molecular weight excluding hydrogens is 350 g/mol. The van der Waals surface area contributed by atoms with E-state index in [2.05, 4.69) is 59.2 Å². The number of ether oxygens (including phenoxy) is 1. The van der Waals surface area contributed by atoms with Crippen molar-refractivity contribution >= 4 is 11.6 Å². The van der Waals surface area contributed by atoms with Gasteiger partial charge in [-0.1, -0.05) is 37.2 Å². The number of allylic oxidation sites excluding steroid dienone is 2. The molecule has 28 heavy (non-hydrogen) atoms. The number of hydrogen-bond donors (Lipinski definition) is 0. The molecule has 1 aliphatic heterocycles. The third-order valence-electron chi connectivity index (χ3n) is 5.83. The summed E-state index contributed by atoms with van der Waals surface area (Å²) in [7, 11) is 0. The summed E-state index contributed by atoms with van der Waals surface area (Å²) in [5, 5.41) is 4.07. The van der Waals surface area contributed by atoms with Crippen molar-refractivity contribution in [1.29, 1.82) is 0 Å². The topological polar surface area (TPSA) is 51.4 Å². The zero-order valence-electron chi connectivity index (χ0n) is 17.1. The standard InChI is InChI=1S/C23H31N3O2/c1-17(2)22-24-23(28-25-22)26-14-12-18(13-15-26)16-27-21-10-8-20(9-11-21)19-6-4-3-5-7-19/h6,8-11,17-18H,3-5,7,12-16H2,1-2H3. The molecule has 0 unspecified atom stereocenters. The lowest BCUT2D eigenvalue weighted by atomic mass is 9.94. The maximum Gasteiger partial charge on any atom is 0.324 e. The molecule has 4 rings (SSSR count). The van der Waals surface area contributed by atoms with Crippen LogP contribution < -0.4 is 9.64 Å². The summed E-state index contributed by atoms with van der Waals surface area (Å²) in [6, 6.07) is 9.31. The second-order valence-electron chi connectivity index (χ2n) is 8.33. The lowest BCUT2D eigenvalue weighted by Crippen LogP contribution is -2.35. The Balaban J connectivity index is 1.24. The van der Waals surface area contributed by atoms with Crippen LogP contribution >= 0.6 is 0 Å². The van der Waals surface area contributed by atoms with E-state index in [1.165, 1.54) is 36.8 Å². The fourth-order valence-electron chi connectivity index (χ4n) is 3.96. The van der Waals surface area contributed by atoms with Crippen molar-refractivity contribution in [2.75, 3.05) is 24.6 Å². The summed E-state index contributed by atoms with van der Waals surface area (Å²) in [5.74, 6) is 2.63. The van der Waals surface area contributed by atoms with Crippen LogP contribution in [0.2, 0.25) is 0 Å². The van der Waals surface area contributed by atoms with Crippen molar-refractivity contribution in [1.82, 2.24) is 10.1 Å². The highest BCUT2D eigenvalue weighted by atomic mass is 16.5. The van der Waals surface area contributed by atoms with E-state index in [0.717, 1.165) is 44.1 Å². The second-order valence-corrected chi connectivity index (χ2v) is 8.33. The number of rotatable bonds is 6. The van der Waals surface area contributed by atoms with Gasteiger partial charge in [0.05, 0.1) is 6.61 Å². The number of anilines is 1. The summed E-state index contributed by atoms with van der Waals surface area (Å²) < 4.78 is 11.5. The number of piperidine rings is 1. The monoisotopic (exact) mass is 381 g/mol. The van der Waals surface area contributed by atoms with E-state index in [1.54, 1.807) is 0 Å². The van der Waals surface area contributed by atoms with Gasteiger partial charge < -0.3 is 14.2 Å². The molecule has 1 aromatic carbocycles. The van der Waals surface area contributed by atoms with Gasteiger partial charge in [0.2, 0.25) is 0 Å². The summed E-state index contributed by atoms with van der Waals surface area (Å²) >= 11 is 0. The van der Waals surface area contributed by atoms with Crippen molar-refractivity contribution in [3.8, 4) is 5.75 Å². The van der Waals surface area contributed by atoms with E-state index in [0.29, 0.717) is 17.9 Å². The van der Waals surface area contributed by atoms with Gasteiger partial charge in [0.15, 0.2) is 5.82 Å². The average Bonchev–Trinajstić information content (AvgIpc) is 3.24. The summed E-state index contributed by atoms with van der Waals surface area (Å²) in [5.41, 5.74) is 2.84. The molecule has 0 radical (unpaired) electrons. The number of hydrogen-bond acceptors (Lipinski definition) is 5. The van der Waals surface area contributed by atoms with Crippen LogP contribution in [0.25, 0.3) is 5.57 Å². The second kappa shape index (κ2) is 8.80. The Morgan fingerprint density at radius 2 is 1.93 bits per heavy atom. The number of benzene rings is 1. The van der Waals surface area contributed by atoms with Gasteiger partial charge >= 0.3 is 6.01 Å². The highest BCUT2D eigenvalue weighted by molar-refractivity contribution is 5.66. The van der Waals surface area contributed by atoms with Crippen LogP contribution in [0.3, 0.4) is 0 Å². The van der Waals surface area contributed by atoms with Gasteiger partial charge in [-0.15, -0.1) is 0 Å². The van der Waals surface area contributed by atoms with Gasteiger partial charge in [0.25, 0.3) is 0 Å². The molecule has 1 saturated heterocycles. The first-order valence-electron chi connectivity index (χ1n) is 10.7. The SMILES string of the molecule is CC(C)c1noc(N2CCC(COc3ccc(C4=CCCCC4)cc3)CC2)n1. The third kappa shape index (κ3) is 4.57. The molecule has 0 spiro atoms. The van der Waals surface area contributed by atoms with Gasteiger partial charge in [-0.3, -0.25) is 0 Å². The van der Waals surface area contributed by atoms with Crippen molar-refractivity contribution in [3.05, 3.63) is 41.7 Å². The first-order chi connectivity index (χ1) is 13.7. The van der Waals surface area contributed by atoms with Crippen LogP contribution in [0.5, 0.6) is 5.75 Å². The lowest BCUT2D eigenvalue weighted by molar-refractivity contribution is 0.220. The third-order valence-corrected chi connectivity index (χ3v) is 5.83. The Morgan fingerprint density at radius 1 is 1.14 bits per heavy atom. The minimum atomic E-state index is 0.296. The van der Waals surface area contributed by atoms with Crippen molar-refractivity contribution in [2.45, 2.75) is 58.3 Å². The molecule has 2 heterocycles. The molecule has 5 heteroatoms. The Morgan fingerprint density at radius 3 is 2.57 bits per heavy atom. The van der Waals surface area contributed by atoms with Gasteiger partial charge in [-0.25, -0.2) is 0 Å². The molecule has 0 atom stereocenters. The van der Waals surface area contributed by atoms with E-state index >= 15 is 0 Å². The normalized spacial score (nSPS) is 18.4. The van der Waals surface area contributed by atoms with E-state index in [9.17, 15) is 0 Å². The predicted octanol–water partition coefficient (Wildman–Crippen LogP) is 5.45. The van der Waals surface area contributed by atoms with Crippen LogP contribution in [0.1, 0.15) is 69.7 Å². The molecule has 0 amide bonds. The molecule has 1 aliphatic carbocycles. The van der Waals surface area contributed by atoms with Crippen molar-refractivity contribution in [2.24, 2.45) is 5.92 Å². The van der Waals surface area contributed by atoms with Crippen LogP contribution in [0.4, 0.5) is 6.01 Å². The Kier molecular flexibility index (Phi) is 5.98. The summed E-state index contributed by atoms with van der Waals surface area (Å²) in [6.07, 6.45) is 9.63. The predicted molar refractivity (Wildman–Crippen MR) is 112 cm³/mol. The summed E-state index contributed by atoms with van der Waals surface area (Å²) in [6.45, 7) is 6.83. The smallest absolute Gasteiger partial charge is 0.324 e. The number of nitrogens with zero attached hydrogens (tertiary/aromatic N) is 3. The molecule has 2 aromatic rings. The molecule has 1 fully saturated rings. The molecular formula is C23H31N3O2. The van der Waals surface area contributed by atoms with Gasteiger partial charge in [-0.05, 0) is 67.7 Å². The highest BCUT2D eigenvalue weighted by Gasteiger charge is 2.24. The fraction of sp³-hybridized carbons (Fsp3) is 0.565. The molecule has 1 aromatic heterocycles. The van der Waals surface area contributed by atoms with Gasteiger partial charge in [0, 0.05) is 19.0 Å². The van der Waals surface area contributed by atoms with Crippen molar-refractivity contribution < 1.29 is 9.26 Å². The molecule has 150 valence electrons. The lowest BCUT2D eigenvalue weighted by Gasteiger charge is -2.30. The van der Waals surface area contributed by atoms with E-state index in [4.69, 9.17) is 9.26 Å². The minimum absolute atomic E-state index is 0.296. The first kappa shape index (κ1) is 19.0. The molecule has 2 aliphatic rings. The van der Waals surface area contributed by atoms with Gasteiger partial charge in [-0.2, -0.15) is 4.98 Å². The quantitative estimate of drug-likeness (QED) is 0.666. The zero-order chi connectivity index (χ0) is 19.3. The highest BCUT2D eigenvalue weighted by Crippen LogP contribution is 2.28. The first-order valence-corrected chi connectivity index (χ1v) is 10.7. The molecule has 0 bridgehead atoms. The Bertz CT molecular complexity index is 786. The van der Waals surface area contributed by atoms with E-state index in [-0.39, 0.29) is 0 Å². The van der Waals surface area contributed by atoms with Crippen LogP contribution in [0, 0.1) is 5.92 Å². The van der Waals surface area contributed by atoms with Crippen molar-refractivity contribution in [3.63, 3.8) is 0 Å². The van der Waals surface area contributed by atoms with Gasteiger partial charge in [0.1, 0.15) is 5.75 Å². The number of aromatic nitrogens is 2. The molecule has 5 nitrogen and oxygen atoms in total. The molecule has 0 saturated carbocycles. The molecule has 0 N–H and O–H groups in total. The maximum atomic E-state index is 6.07. The van der Waals surface area contributed by atoms with E-state index in [1.807, 2.05) is 0 Å². The Hall–Kier alpha value is -2.30. The maximum absolute atomic E-state index is 6.07. The summed E-state index contributed by atoms with van der Waals surface area (Å²) in [4.78, 5) is 6.71. The minimum Gasteiger partial charge on any atom is -0.493 e. The average molecular weight is 382 g/mol. The van der Waals surface area contributed by atoms with E-state index < -0.39 is 0 Å². The van der Waals surface area contributed by atoms with Crippen LogP contribution in [-0.4, -0.2) is 29.8 Å².